The molecule has 1 fully saturated rings. The minimum absolute atomic E-state index is 0.0413. The fourth-order valence-corrected chi connectivity index (χ4v) is 5.54. The summed E-state index contributed by atoms with van der Waals surface area (Å²) in [6, 6.07) is 10.1. The van der Waals surface area contributed by atoms with Gasteiger partial charge in [0.15, 0.2) is 0 Å². The molecule has 1 amide bonds. The van der Waals surface area contributed by atoms with E-state index in [-0.39, 0.29) is 23.4 Å². The van der Waals surface area contributed by atoms with E-state index in [1.807, 2.05) is 19.1 Å². The van der Waals surface area contributed by atoms with E-state index in [4.69, 9.17) is 9.47 Å². The van der Waals surface area contributed by atoms with Gasteiger partial charge in [-0.2, -0.15) is 4.31 Å². The second kappa shape index (κ2) is 9.70. The summed E-state index contributed by atoms with van der Waals surface area (Å²) in [6.45, 7) is 4.49. The molecule has 0 aliphatic carbocycles. The highest BCUT2D eigenvalue weighted by Crippen LogP contribution is 2.27. The van der Waals surface area contributed by atoms with Crippen molar-refractivity contribution in [1.82, 2.24) is 9.62 Å². The number of benzene rings is 2. The molecule has 1 aliphatic rings. The Labute approximate surface area is 184 Å². The number of carbonyl (C=O) groups excluding carboxylic acids is 1. The van der Waals surface area contributed by atoms with Gasteiger partial charge in [-0.15, -0.1) is 0 Å². The molecule has 2 aromatic rings. The third kappa shape index (κ3) is 5.19. The molecule has 7 nitrogen and oxygen atoms in total. The molecule has 2 aromatic carbocycles. The Kier molecular flexibility index (Phi) is 7.23. The molecule has 1 heterocycles. The van der Waals surface area contributed by atoms with Gasteiger partial charge in [0.2, 0.25) is 10.0 Å². The molecule has 31 heavy (non-hydrogen) atoms. The van der Waals surface area contributed by atoms with Crippen LogP contribution in [0.4, 0.5) is 0 Å². The fraction of sp³-hybridized carbons (Fsp3) is 0.435. The second-order valence-electron chi connectivity index (χ2n) is 7.84. The van der Waals surface area contributed by atoms with Gasteiger partial charge in [-0.3, -0.25) is 4.79 Å². The van der Waals surface area contributed by atoms with Crippen molar-refractivity contribution in [2.75, 3.05) is 20.8 Å². The van der Waals surface area contributed by atoms with Crippen LogP contribution in [0.25, 0.3) is 0 Å². The van der Waals surface area contributed by atoms with Crippen LogP contribution in [0.3, 0.4) is 0 Å². The molecule has 3 rings (SSSR count). The summed E-state index contributed by atoms with van der Waals surface area (Å²) in [5.74, 6) is 0.926. The molecule has 0 radical (unpaired) electrons. The Morgan fingerprint density at radius 3 is 2.39 bits per heavy atom. The predicted octanol–water partition coefficient (Wildman–Crippen LogP) is 3.51. The quantitative estimate of drug-likeness (QED) is 0.704. The van der Waals surface area contributed by atoms with Crippen LogP contribution in [0.5, 0.6) is 11.5 Å². The number of hydrogen-bond acceptors (Lipinski definition) is 5. The molecule has 1 N–H and O–H groups in total. The van der Waals surface area contributed by atoms with Crippen molar-refractivity contribution in [2.45, 2.75) is 50.6 Å². The lowest BCUT2D eigenvalue weighted by Gasteiger charge is -2.32. The Hall–Kier alpha value is -2.58. The molecule has 0 aromatic heterocycles. The second-order valence-corrected chi connectivity index (χ2v) is 9.73. The number of hydrogen-bond donors (Lipinski definition) is 1. The zero-order valence-corrected chi connectivity index (χ0v) is 19.3. The molecular formula is C23H30N2O5S. The van der Waals surface area contributed by atoms with Gasteiger partial charge in [0.25, 0.3) is 5.91 Å². The maximum atomic E-state index is 13.2. The third-order valence-electron chi connectivity index (χ3n) is 5.67. The molecular weight excluding hydrogens is 416 g/mol. The minimum atomic E-state index is -3.65. The molecule has 1 saturated heterocycles. The Morgan fingerprint density at radius 2 is 1.77 bits per heavy atom. The molecule has 0 bridgehead atoms. The number of carbonyl (C=O) groups is 1. The summed E-state index contributed by atoms with van der Waals surface area (Å²) >= 11 is 0. The molecule has 8 heteroatoms. The van der Waals surface area contributed by atoms with Crippen LogP contribution in [0.15, 0.2) is 41.3 Å². The number of piperidine rings is 1. The zero-order chi connectivity index (χ0) is 22.6. The number of methoxy groups -OCH3 is 2. The lowest BCUT2D eigenvalue weighted by molar-refractivity contribution is 0.0950. The fourth-order valence-electron chi connectivity index (χ4n) is 3.82. The number of nitrogens with zero attached hydrogens (tertiary/aromatic N) is 1. The Bertz CT molecular complexity index is 1030. The summed E-state index contributed by atoms with van der Waals surface area (Å²) in [5.41, 5.74) is 1.88. The number of rotatable bonds is 7. The summed E-state index contributed by atoms with van der Waals surface area (Å²) < 4.78 is 38.4. The van der Waals surface area contributed by atoms with E-state index in [0.717, 1.165) is 24.8 Å². The van der Waals surface area contributed by atoms with Crippen molar-refractivity contribution >= 4 is 15.9 Å². The summed E-state index contributed by atoms with van der Waals surface area (Å²) in [5, 5.41) is 2.87. The highest BCUT2D eigenvalue weighted by molar-refractivity contribution is 7.89. The standard InChI is InChI=1S/C23H30N2O5S/c1-16-8-9-21(31(27,28)25-10-6-5-7-17(25)2)14-22(16)23(26)24-15-18-11-19(29-3)13-20(12-18)30-4/h8-9,11-14,17H,5-7,10,15H2,1-4H3,(H,24,26). The van der Waals surface area contributed by atoms with Crippen LogP contribution in [0, 0.1) is 6.92 Å². The number of nitrogens with one attached hydrogen (secondary N) is 1. The van der Waals surface area contributed by atoms with Crippen LogP contribution >= 0.6 is 0 Å². The van der Waals surface area contributed by atoms with Gasteiger partial charge in [0, 0.05) is 30.8 Å². The molecule has 168 valence electrons. The highest BCUT2D eigenvalue weighted by atomic mass is 32.2. The van der Waals surface area contributed by atoms with Gasteiger partial charge in [-0.05, 0) is 62.1 Å². The largest absolute Gasteiger partial charge is 0.497 e. The highest BCUT2D eigenvalue weighted by Gasteiger charge is 2.31. The van der Waals surface area contributed by atoms with Gasteiger partial charge < -0.3 is 14.8 Å². The third-order valence-corrected chi connectivity index (χ3v) is 7.68. The van der Waals surface area contributed by atoms with Crippen LogP contribution in [-0.2, 0) is 16.6 Å². The molecule has 0 saturated carbocycles. The van der Waals surface area contributed by atoms with Gasteiger partial charge in [-0.25, -0.2) is 8.42 Å². The average molecular weight is 447 g/mol. The summed E-state index contributed by atoms with van der Waals surface area (Å²) in [7, 11) is -0.519. The van der Waals surface area contributed by atoms with Crippen LogP contribution in [0.2, 0.25) is 0 Å². The van der Waals surface area contributed by atoms with Crippen molar-refractivity contribution < 1.29 is 22.7 Å². The SMILES string of the molecule is COc1cc(CNC(=O)c2cc(S(=O)(=O)N3CCCCC3C)ccc2C)cc(OC)c1. The van der Waals surface area contributed by atoms with E-state index in [2.05, 4.69) is 5.32 Å². The van der Waals surface area contributed by atoms with Crippen molar-refractivity contribution in [2.24, 2.45) is 0 Å². The van der Waals surface area contributed by atoms with E-state index < -0.39 is 10.0 Å². The number of ether oxygens (including phenoxy) is 2. The van der Waals surface area contributed by atoms with Crippen molar-refractivity contribution in [3.63, 3.8) is 0 Å². The smallest absolute Gasteiger partial charge is 0.251 e. The Balaban J connectivity index is 1.81. The summed E-state index contributed by atoms with van der Waals surface area (Å²) in [4.78, 5) is 13.0. The molecule has 0 spiro atoms. The average Bonchev–Trinajstić information content (AvgIpc) is 2.77. The van der Waals surface area contributed by atoms with Crippen LogP contribution < -0.4 is 14.8 Å². The van der Waals surface area contributed by atoms with Gasteiger partial charge >= 0.3 is 0 Å². The first-order chi connectivity index (χ1) is 14.8. The molecule has 1 atom stereocenters. The number of aryl methyl sites for hydroxylation is 1. The predicted molar refractivity (Wildman–Crippen MR) is 119 cm³/mol. The topological polar surface area (TPSA) is 84.9 Å². The van der Waals surface area contributed by atoms with Crippen LogP contribution in [0.1, 0.15) is 47.7 Å². The van der Waals surface area contributed by atoms with Crippen molar-refractivity contribution in [3.05, 3.63) is 53.1 Å². The Morgan fingerprint density at radius 1 is 1.10 bits per heavy atom. The van der Waals surface area contributed by atoms with E-state index >= 15 is 0 Å². The van der Waals surface area contributed by atoms with Gasteiger partial charge in [-0.1, -0.05) is 12.5 Å². The first kappa shape index (κ1) is 23.1. The minimum Gasteiger partial charge on any atom is -0.497 e. The van der Waals surface area contributed by atoms with Gasteiger partial charge in [0.05, 0.1) is 19.1 Å². The monoisotopic (exact) mass is 446 g/mol. The zero-order valence-electron chi connectivity index (χ0n) is 18.5. The first-order valence-corrected chi connectivity index (χ1v) is 11.8. The summed E-state index contributed by atoms with van der Waals surface area (Å²) in [6.07, 6.45) is 2.74. The maximum absolute atomic E-state index is 13.2. The normalized spacial score (nSPS) is 17.2. The number of amides is 1. The van der Waals surface area contributed by atoms with E-state index in [1.165, 1.54) is 6.07 Å². The van der Waals surface area contributed by atoms with E-state index in [0.29, 0.717) is 29.2 Å². The number of sulfonamides is 1. The van der Waals surface area contributed by atoms with Crippen LogP contribution in [-0.4, -0.2) is 45.4 Å². The maximum Gasteiger partial charge on any atom is 0.251 e. The van der Waals surface area contributed by atoms with E-state index in [9.17, 15) is 13.2 Å². The van der Waals surface area contributed by atoms with Crippen molar-refractivity contribution in [1.29, 1.82) is 0 Å². The molecule has 1 aliphatic heterocycles. The van der Waals surface area contributed by atoms with Crippen molar-refractivity contribution in [3.8, 4) is 11.5 Å². The van der Waals surface area contributed by atoms with Gasteiger partial charge in [0.1, 0.15) is 11.5 Å². The first-order valence-electron chi connectivity index (χ1n) is 10.4. The molecule has 1 unspecified atom stereocenters. The van der Waals surface area contributed by atoms with E-state index in [1.54, 1.807) is 43.6 Å². The lowest BCUT2D eigenvalue weighted by Crippen LogP contribution is -2.42. The lowest BCUT2D eigenvalue weighted by atomic mass is 10.1.